The van der Waals surface area contributed by atoms with E-state index in [2.05, 4.69) is 31.4 Å². The van der Waals surface area contributed by atoms with Gasteiger partial charge in [-0.3, -0.25) is 4.79 Å². The normalized spacial score (nSPS) is 23.1. The third-order valence-corrected chi connectivity index (χ3v) is 4.56. The van der Waals surface area contributed by atoms with Crippen LogP contribution in [0.3, 0.4) is 0 Å². The van der Waals surface area contributed by atoms with Crippen molar-refractivity contribution in [1.82, 2.24) is 10.6 Å². The molecule has 1 aliphatic carbocycles. The molecule has 0 heterocycles. The summed E-state index contributed by atoms with van der Waals surface area (Å²) >= 11 is 0. The first-order chi connectivity index (χ1) is 8.98. The molecular weight excluding hydrogens is 244 g/mol. The number of carbonyl (C=O) groups excluding carboxylic acids is 1. The average Bonchev–Trinajstić information content (AvgIpc) is 2.84. The molecule has 0 aliphatic heterocycles. The molecule has 3 N–H and O–H groups in total. The van der Waals surface area contributed by atoms with Crippen LogP contribution in [0, 0.1) is 5.92 Å². The lowest BCUT2D eigenvalue weighted by Crippen LogP contribution is -2.54. The number of nitrogens with one attached hydrogen (secondary N) is 2. The van der Waals surface area contributed by atoms with E-state index in [0.717, 1.165) is 32.1 Å². The number of urea groups is 1. The highest BCUT2D eigenvalue weighted by molar-refractivity contribution is 5.77. The molecule has 0 bridgehead atoms. The van der Waals surface area contributed by atoms with Crippen molar-refractivity contribution in [2.75, 3.05) is 0 Å². The Morgan fingerprint density at radius 2 is 1.74 bits per heavy atom. The lowest BCUT2D eigenvalue weighted by Gasteiger charge is -2.32. The predicted octanol–water partition coefficient (Wildman–Crippen LogP) is 2.51. The highest BCUT2D eigenvalue weighted by atomic mass is 16.4. The lowest BCUT2D eigenvalue weighted by atomic mass is 9.90. The second-order valence-corrected chi connectivity index (χ2v) is 5.42. The second-order valence-electron chi connectivity index (χ2n) is 5.42. The molecule has 0 aromatic rings. The van der Waals surface area contributed by atoms with E-state index in [0.29, 0.717) is 6.42 Å². The van der Waals surface area contributed by atoms with Crippen molar-refractivity contribution in [3.05, 3.63) is 0 Å². The van der Waals surface area contributed by atoms with Crippen molar-refractivity contribution >= 4 is 12.0 Å². The van der Waals surface area contributed by atoms with Crippen LogP contribution >= 0.6 is 0 Å². The highest BCUT2D eigenvalue weighted by Crippen LogP contribution is 2.26. The van der Waals surface area contributed by atoms with E-state index in [1.54, 1.807) is 0 Å². The maximum Gasteiger partial charge on any atom is 0.315 e. The minimum atomic E-state index is -0.810. The number of hydrogen-bond donors (Lipinski definition) is 3. The number of rotatable bonds is 6. The molecule has 0 saturated heterocycles. The van der Waals surface area contributed by atoms with Gasteiger partial charge in [0.15, 0.2) is 0 Å². The smallest absolute Gasteiger partial charge is 0.315 e. The fourth-order valence-corrected chi connectivity index (χ4v) is 2.89. The molecule has 110 valence electrons. The monoisotopic (exact) mass is 270 g/mol. The zero-order valence-corrected chi connectivity index (χ0v) is 12.2. The summed E-state index contributed by atoms with van der Waals surface area (Å²) in [6, 6.07) is -0.468. The molecule has 1 fully saturated rings. The van der Waals surface area contributed by atoms with E-state index < -0.39 is 11.9 Å². The molecule has 0 radical (unpaired) electrons. The summed E-state index contributed by atoms with van der Waals surface area (Å²) in [7, 11) is 0. The van der Waals surface area contributed by atoms with Gasteiger partial charge in [0.25, 0.3) is 0 Å². The van der Waals surface area contributed by atoms with E-state index in [1.807, 2.05) is 0 Å². The van der Waals surface area contributed by atoms with Crippen LogP contribution in [-0.4, -0.2) is 28.7 Å². The number of hydrogen-bond acceptors (Lipinski definition) is 2. The summed E-state index contributed by atoms with van der Waals surface area (Å²) < 4.78 is 0. The lowest BCUT2D eigenvalue weighted by molar-refractivity contribution is -0.142. The Morgan fingerprint density at radius 3 is 2.21 bits per heavy atom. The fraction of sp³-hybridized carbons (Fsp3) is 0.857. The van der Waals surface area contributed by atoms with Crippen LogP contribution in [0.1, 0.15) is 59.3 Å². The van der Waals surface area contributed by atoms with Crippen molar-refractivity contribution in [1.29, 1.82) is 0 Å². The van der Waals surface area contributed by atoms with Crippen LogP contribution < -0.4 is 10.6 Å². The van der Waals surface area contributed by atoms with Crippen molar-refractivity contribution in [2.24, 2.45) is 5.92 Å². The minimum absolute atomic E-state index is 0.179. The first-order valence-corrected chi connectivity index (χ1v) is 7.29. The van der Waals surface area contributed by atoms with Gasteiger partial charge in [0.2, 0.25) is 0 Å². The van der Waals surface area contributed by atoms with E-state index in [-0.39, 0.29) is 17.6 Å². The van der Waals surface area contributed by atoms with Gasteiger partial charge in [-0.2, -0.15) is 0 Å². The van der Waals surface area contributed by atoms with Gasteiger partial charge in [-0.05, 0) is 32.1 Å². The van der Waals surface area contributed by atoms with E-state index in [4.69, 9.17) is 5.11 Å². The number of aliphatic carboxylic acids is 1. The number of carboxylic acid groups (broad SMARTS) is 1. The first-order valence-electron chi connectivity index (χ1n) is 7.29. The van der Waals surface area contributed by atoms with Gasteiger partial charge in [0.1, 0.15) is 0 Å². The zero-order chi connectivity index (χ0) is 14.5. The van der Waals surface area contributed by atoms with Gasteiger partial charge in [-0.15, -0.1) is 0 Å². The van der Waals surface area contributed by atoms with Crippen LogP contribution in [0.2, 0.25) is 0 Å². The van der Waals surface area contributed by atoms with Gasteiger partial charge in [-0.1, -0.05) is 27.2 Å². The minimum Gasteiger partial charge on any atom is -0.481 e. The number of carbonyl (C=O) groups is 2. The highest BCUT2D eigenvalue weighted by Gasteiger charge is 2.35. The Morgan fingerprint density at radius 1 is 1.16 bits per heavy atom. The molecule has 5 heteroatoms. The van der Waals surface area contributed by atoms with Gasteiger partial charge in [0, 0.05) is 11.6 Å². The third kappa shape index (κ3) is 3.85. The molecule has 19 heavy (non-hydrogen) atoms. The standard InChI is InChI=1S/C14H26N2O3/c1-4-14(5-2,6-3)16-13(19)15-11-9-7-8-10(11)12(17)18/h10-11H,4-9H2,1-3H3,(H,17,18)(H2,15,16,19). The van der Waals surface area contributed by atoms with Gasteiger partial charge in [0.05, 0.1) is 5.92 Å². The molecule has 0 spiro atoms. The molecule has 1 aliphatic rings. The largest absolute Gasteiger partial charge is 0.481 e. The maximum atomic E-state index is 12.0. The topological polar surface area (TPSA) is 78.4 Å². The van der Waals surface area contributed by atoms with Crippen LogP contribution in [0.4, 0.5) is 4.79 Å². The summed E-state index contributed by atoms with van der Waals surface area (Å²) in [5, 5.41) is 15.0. The van der Waals surface area contributed by atoms with Crippen molar-refractivity contribution in [2.45, 2.75) is 70.9 Å². The van der Waals surface area contributed by atoms with Crippen LogP contribution in [0.25, 0.3) is 0 Å². The van der Waals surface area contributed by atoms with Gasteiger partial charge in [-0.25, -0.2) is 4.79 Å². The van der Waals surface area contributed by atoms with Crippen LogP contribution in [-0.2, 0) is 4.79 Å². The molecular formula is C14H26N2O3. The Labute approximate surface area is 115 Å². The van der Waals surface area contributed by atoms with Crippen molar-refractivity contribution in [3.8, 4) is 0 Å². The summed E-state index contributed by atoms with van der Waals surface area (Å²) in [6.07, 6.45) is 4.90. The Bertz CT molecular complexity index is 318. The van der Waals surface area contributed by atoms with Crippen LogP contribution in [0.5, 0.6) is 0 Å². The summed E-state index contributed by atoms with van der Waals surface area (Å²) in [5.74, 6) is -1.25. The van der Waals surface area contributed by atoms with Crippen molar-refractivity contribution < 1.29 is 14.7 Å². The Hall–Kier alpha value is -1.26. The Kier molecular flexibility index (Phi) is 5.63. The van der Waals surface area contributed by atoms with E-state index in [1.165, 1.54) is 0 Å². The van der Waals surface area contributed by atoms with Gasteiger partial charge < -0.3 is 15.7 Å². The van der Waals surface area contributed by atoms with Crippen molar-refractivity contribution in [3.63, 3.8) is 0 Å². The van der Waals surface area contributed by atoms with Gasteiger partial charge >= 0.3 is 12.0 Å². The SMILES string of the molecule is CCC(CC)(CC)NC(=O)NC1CCCC1C(=O)O. The molecule has 2 unspecified atom stereocenters. The average molecular weight is 270 g/mol. The van der Waals surface area contributed by atoms with E-state index in [9.17, 15) is 9.59 Å². The number of amides is 2. The second kappa shape index (κ2) is 6.78. The maximum absolute atomic E-state index is 12.0. The Balaban J connectivity index is 2.57. The molecule has 0 aromatic carbocycles. The summed E-state index contributed by atoms with van der Waals surface area (Å²) in [5.41, 5.74) is -0.179. The first kappa shape index (κ1) is 15.8. The molecule has 5 nitrogen and oxygen atoms in total. The summed E-state index contributed by atoms with van der Waals surface area (Å²) in [4.78, 5) is 23.1. The number of carboxylic acids is 1. The zero-order valence-electron chi connectivity index (χ0n) is 12.2. The van der Waals surface area contributed by atoms with E-state index >= 15 is 0 Å². The molecule has 2 atom stereocenters. The molecule has 0 aromatic heterocycles. The third-order valence-electron chi connectivity index (χ3n) is 4.56. The predicted molar refractivity (Wildman–Crippen MR) is 74.0 cm³/mol. The quantitative estimate of drug-likeness (QED) is 0.694. The molecule has 1 rings (SSSR count). The molecule has 2 amide bonds. The summed E-state index contributed by atoms with van der Waals surface area (Å²) in [6.45, 7) is 6.18. The fourth-order valence-electron chi connectivity index (χ4n) is 2.89. The van der Waals surface area contributed by atoms with Crippen LogP contribution in [0.15, 0.2) is 0 Å². The molecule has 1 saturated carbocycles.